The standard InChI is InChI=1S/C20H19ClN4O4/c1-12(19(27)24-16-5-3-2-4-14(16)11-22)29-18(26)10-17(25-20(23)28)13-6-8-15(21)9-7-13/h2-9,12,17H,10H2,1H3,(H,24,27)(H3,23,25,28)/t12-,17-/m1/s1. The molecule has 0 aromatic heterocycles. The lowest BCUT2D eigenvalue weighted by Gasteiger charge is -2.19. The molecule has 2 atom stereocenters. The van der Waals surface area contributed by atoms with Gasteiger partial charge < -0.3 is 21.1 Å². The summed E-state index contributed by atoms with van der Waals surface area (Å²) in [5, 5.41) is 14.6. The minimum atomic E-state index is -1.12. The fourth-order valence-corrected chi connectivity index (χ4v) is 2.63. The molecule has 0 unspecified atom stereocenters. The van der Waals surface area contributed by atoms with Gasteiger partial charge in [0.1, 0.15) is 6.07 Å². The van der Waals surface area contributed by atoms with Gasteiger partial charge in [0.25, 0.3) is 5.91 Å². The molecule has 2 aromatic rings. The van der Waals surface area contributed by atoms with Gasteiger partial charge in [-0.3, -0.25) is 9.59 Å². The van der Waals surface area contributed by atoms with Crippen LogP contribution in [0.3, 0.4) is 0 Å². The second-order valence-electron chi connectivity index (χ2n) is 6.10. The number of rotatable bonds is 7. The summed E-state index contributed by atoms with van der Waals surface area (Å²) in [6.45, 7) is 1.40. The van der Waals surface area contributed by atoms with E-state index in [-0.39, 0.29) is 12.0 Å². The summed E-state index contributed by atoms with van der Waals surface area (Å²) in [5.74, 6) is -1.30. The van der Waals surface area contributed by atoms with Crippen LogP contribution in [0.2, 0.25) is 5.02 Å². The maximum absolute atomic E-state index is 12.3. The number of para-hydroxylation sites is 1. The largest absolute Gasteiger partial charge is 0.452 e. The fourth-order valence-electron chi connectivity index (χ4n) is 2.51. The van der Waals surface area contributed by atoms with Crippen LogP contribution in [0.5, 0.6) is 0 Å². The molecular weight excluding hydrogens is 396 g/mol. The minimum absolute atomic E-state index is 0.239. The molecule has 0 aliphatic rings. The van der Waals surface area contributed by atoms with Gasteiger partial charge in [-0.2, -0.15) is 5.26 Å². The van der Waals surface area contributed by atoms with Crippen molar-refractivity contribution in [3.63, 3.8) is 0 Å². The second-order valence-corrected chi connectivity index (χ2v) is 6.53. The van der Waals surface area contributed by atoms with Crippen molar-refractivity contribution in [2.75, 3.05) is 5.32 Å². The van der Waals surface area contributed by atoms with Gasteiger partial charge >= 0.3 is 12.0 Å². The van der Waals surface area contributed by atoms with Crippen LogP contribution in [0.4, 0.5) is 10.5 Å². The molecule has 0 aliphatic carbocycles. The molecule has 0 bridgehead atoms. The van der Waals surface area contributed by atoms with Crippen LogP contribution < -0.4 is 16.4 Å². The average molecular weight is 415 g/mol. The Balaban J connectivity index is 2.01. The molecule has 0 fully saturated rings. The summed E-state index contributed by atoms with van der Waals surface area (Å²) < 4.78 is 5.16. The lowest BCUT2D eigenvalue weighted by atomic mass is 10.0. The Hall–Kier alpha value is -3.57. The number of carbonyl (C=O) groups is 3. The van der Waals surface area contributed by atoms with Gasteiger partial charge in [-0.1, -0.05) is 35.9 Å². The third-order valence-electron chi connectivity index (χ3n) is 3.94. The number of primary amides is 1. The highest BCUT2D eigenvalue weighted by Crippen LogP contribution is 2.20. The highest BCUT2D eigenvalue weighted by Gasteiger charge is 2.23. The molecule has 0 saturated heterocycles. The van der Waals surface area contributed by atoms with E-state index in [0.29, 0.717) is 16.3 Å². The number of ether oxygens (including phenoxy) is 1. The third-order valence-corrected chi connectivity index (χ3v) is 4.19. The normalized spacial score (nSPS) is 12.2. The molecular formula is C20H19ClN4O4. The van der Waals surface area contributed by atoms with Gasteiger partial charge in [-0.05, 0) is 36.8 Å². The van der Waals surface area contributed by atoms with Crippen molar-refractivity contribution in [1.29, 1.82) is 5.26 Å². The Morgan fingerprint density at radius 1 is 1.17 bits per heavy atom. The molecule has 0 spiro atoms. The summed E-state index contributed by atoms with van der Waals surface area (Å²) in [4.78, 5) is 35.8. The summed E-state index contributed by atoms with van der Waals surface area (Å²) >= 11 is 5.85. The third kappa shape index (κ3) is 6.52. The number of esters is 1. The quantitative estimate of drug-likeness (QED) is 0.599. The van der Waals surface area contributed by atoms with Crippen LogP contribution in [0.15, 0.2) is 48.5 Å². The number of nitriles is 1. The topological polar surface area (TPSA) is 134 Å². The van der Waals surface area contributed by atoms with Gasteiger partial charge in [0.15, 0.2) is 6.10 Å². The Morgan fingerprint density at radius 2 is 1.83 bits per heavy atom. The second kappa shape index (κ2) is 10.1. The first-order valence-corrected chi connectivity index (χ1v) is 8.99. The van der Waals surface area contributed by atoms with Crippen LogP contribution in [-0.4, -0.2) is 24.0 Å². The Kier molecular flexibility index (Phi) is 7.57. The average Bonchev–Trinajstić information content (AvgIpc) is 2.68. The zero-order chi connectivity index (χ0) is 21.4. The first-order chi connectivity index (χ1) is 13.8. The fraction of sp³-hybridized carbons (Fsp3) is 0.200. The van der Waals surface area contributed by atoms with E-state index in [0.717, 1.165) is 0 Å². The molecule has 0 aliphatic heterocycles. The smallest absolute Gasteiger partial charge is 0.312 e. The molecule has 9 heteroatoms. The predicted octanol–water partition coefficient (Wildman–Crippen LogP) is 2.88. The van der Waals surface area contributed by atoms with E-state index < -0.39 is 30.1 Å². The number of hydrogen-bond donors (Lipinski definition) is 3. The number of hydrogen-bond acceptors (Lipinski definition) is 5. The molecule has 0 radical (unpaired) electrons. The zero-order valence-electron chi connectivity index (χ0n) is 15.5. The zero-order valence-corrected chi connectivity index (χ0v) is 16.3. The van der Waals surface area contributed by atoms with Crippen LogP contribution in [-0.2, 0) is 14.3 Å². The number of amides is 3. The predicted molar refractivity (Wildman–Crippen MR) is 107 cm³/mol. The van der Waals surface area contributed by atoms with E-state index >= 15 is 0 Å². The number of nitrogens with zero attached hydrogens (tertiary/aromatic N) is 1. The maximum atomic E-state index is 12.3. The van der Waals surface area contributed by atoms with Gasteiger partial charge in [-0.25, -0.2) is 4.79 Å². The van der Waals surface area contributed by atoms with Gasteiger partial charge in [0.2, 0.25) is 0 Å². The van der Waals surface area contributed by atoms with Gasteiger partial charge in [0.05, 0.1) is 23.7 Å². The van der Waals surface area contributed by atoms with Crippen molar-refractivity contribution < 1.29 is 19.1 Å². The number of nitrogens with one attached hydrogen (secondary N) is 2. The molecule has 0 saturated carbocycles. The van der Waals surface area contributed by atoms with Crippen LogP contribution in [0, 0.1) is 11.3 Å². The van der Waals surface area contributed by atoms with E-state index in [1.807, 2.05) is 6.07 Å². The van der Waals surface area contributed by atoms with Crippen molar-refractivity contribution in [2.45, 2.75) is 25.5 Å². The summed E-state index contributed by atoms with van der Waals surface area (Å²) in [7, 11) is 0. The van der Waals surface area contributed by atoms with Crippen LogP contribution in [0.25, 0.3) is 0 Å². The Morgan fingerprint density at radius 3 is 2.45 bits per heavy atom. The molecule has 0 heterocycles. The summed E-state index contributed by atoms with van der Waals surface area (Å²) in [5.41, 5.74) is 6.38. The summed E-state index contributed by atoms with van der Waals surface area (Å²) in [6, 6.07) is 13.4. The number of benzene rings is 2. The van der Waals surface area contributed by atoms with Crippen LogP contribution in [0.1, 0.15) is 30.5 Å². The number of anilines is 1. The number of nitrogens with two attached hydrogens (primary N) is 1. The van der Waals surface area contributed by atoms with E-state index in [1.165, 1.54) is 6.92 Å². The highest BCUT2D eigenvalue weighted by molar-refractivity contribution is 6.30. The van der Waals surface area contributed by atoms with Crippen molar-refractivity contribution in [1.82, 2.24) is 5.32 Å². The molecule has 150 valence electrons. The highest BCUT2D eigenvalue weighted by atomic mass is 35.5. The van der Waals surface area contributed by atoms with E-state index in [4.69, 9.17) is 27.3 Å². The number of carbonyl (C=O) groups excluding carboxylic acids is 3. The Bertz CT molecular complexity index is 940. The van der Waals surface area contributed by atoms with E-state index in [2.05, 4.69) is 10.6 Å². The lowest BCUT2D eigenvalue weighted by molar-refractivity contribution is -0.153. The number of urea groups is 1. The first kappa shape index (κ1) is 21.7. The maximum Gasteiger partial charge on any atom is 0.312 e. The number of halogens is 1. The van der Waals surface area contributed by atoms with Crippen molar-refractivity contribution in [2.24, 2.45) is 5.73 Å². The molecule has 29 heavy (non-hydrogen) atoms. The molecule has 8 nitrogen and oxygen atoms in total. The lowest BCUT2D eigenvalue weighted by Crippen LogP contribution is -2.36. The van der Waals surface area contributed by atoms with Crippen molar-refractivity contribution in [3.05, 3.63) is 64.7 Å². The molecule has 4 N–H and O–H groups in total. The molecule has 3 amide bonds. The SMILES string of the molecule is C[C@@H](OC(=O)C[C@@H](NC(N)=O)c1ccc(Cl)cc1)C(=O)Nc1ccccc1C#N. The molecule has 2 rings (SSSR count). The summed E-state index contributed by atoms with van der Waals surface area (Å²) in [6.07, 6.45) is -1.36. The van der Waals surface area contributed by atoms with Gasteiger partial charge in [-0.15, -0.1) is 0 Å². The minimum Gasteiger partial charge on any atom is -0.452 e. The monoisotopic (exact) mass is 414 g/mol. The van der Waals surface area contributed by atoms with Crippen LogP contribution >= 0.6 is 11.6 Å². The van der Waals surface area contributed by atoms with Crippen molar-refractivity contribution in [3.8, 4) is 6.07 Å². The molecule has 2 aromatic carbocycles. The van der Waals surface area contributed by atoms with E-state index in [9.17, 15) is 14.4 Å². The van der Waals surface area contributed by atoms with Gasteiger partial charge in [0, 0.05) is 5.02 Å². The van der Waals surface area contributed by atoms with Crippen molar-refractivity contribution >= 4 is 35.2 Å². The Labute approximate surface area is 172 Å². The van der Waals surface area contributed by atoms with E-state index in [1.54, 1.807) is 48.5 Å². The first-order valence-electron chi connectivity index (χ1n) is 8.61.